The van der Waals surface area contributed by atoms with Crippen LogP contribution < -0.4 is 20.1 Å². The summed E-state index contributed by atoms with van der Waals surface area (Å²) in [5.74, 6) is 1.89. The lowest BCUT2D eigenvalue weighted by molar-refractivity contribution is 0.231. The number of amides is 2. The summed E-state index contributed by atoms with van der Waals surface area (Å²) in [4.78, 5) is 11.9. The summed E-state index contributed by atoms with van der Waals surface area (Å²) in [5.41, 5.74) is 3.18. The lowest BCUT2D eigenvalue weighted by atomic mass is 9.99. The Labute approximate surface area is 125 Å². The molecule has 0 atom stereocenters. The number of urea groups is 1. The molecule has 114 valence electrons. The molecule has 2 amide bonds. The molecule has 0 saturated heterocycles. The Morgan fingerprint density at radius 2 is 2.00 bits per heavy atom. The Bertz CT molecular complexity index is 544. The highest BCUT2D eigenvalue weighted by Crippen LogP contribution is 2.40. The van der Waals surface area contributed by atoms with Gasteiger partial charge in [-0.2, -0.15) is 0 Å². The monoisotopic (exact) mass is 290 g/mol. The first kappa shape index (κ1) is 14.0. The standard InChI is InChI=1S/C16H22N2O3/c1-16(2,3)18-15(19)17-9-12-11-5-7-20-13(11)8-10-4-6-21-14(10)12/h8H,4-7,9H2,1-3H3,(H2,17,18,19). The Kier molecular flexibility index (Phi) is 3.43. The largest absolute Gasteiger partial charge is 0.493 e. The van der Waals surface area contributed by atoms with Gasteiger partial charge in [-0.15, -0.1) is 0 Å². The van der Waals surface area contributed by atoms with E-state index >= 15 is 0 Å². The number of carbonyl (C=O) groups is 1. The van der Waals surface area contributed by atoms with E-state index in [9.17, 15) is 4.79 Å². The topological polar surface area (TPSA) is 59.6 Å². The highest BCUT2D eigenvalue weighted by Gasteiger charge is 2.26. The molecule has 5 heteroatoms. The third-order valence-electron chi connectivity index (χ3n) is 3.67. The Balaban J connectivity index is 1.78. The minimum Gasteiger partial charge on any atom is -0.493 e. The molecule has 0 spiro atoms. The van der Waals surface area contributed by atoms with Crippen LogP contribution in [0.1, 0.15) is 37.5 Å². The lowest BCUT2D eigenvalue weighted by Gasteiger charge is -2.21. The van der Waals surface area contributed by atoms with Crippen molar-refractivity contribution in [3.8, 4) is 11.5 Å². The maximum absolute atomic E-state index is 11.9. The molecule has 0 aromatic heterocycles. The quantitative estimate of drug-likeness (QED) is 0.877. The molecular weight excluding hydrogens is 268 g/mol. The zero-order chi connectivity index (χ0) is 15.0. The van der Waals surface area contributed by atoms with Crippen LogP contribution in [0.15, 0.2) is 6.07 Å². The van der Waals surface area contributed by atoms with Gasteiger partial charge in [0.15, 0.2) is 0 Å². The maximum atomic E-state index is 11.9. The van der Waals surface area contributed by atoms with Crippen LogP contribution in [0.2, 0.25) is 0 Å². The van der Waals surface area contributed by atoms with E-state index in [1.807, 2.05) is 20.8 Å². The second-order valence-corrected chi connectivity index (χ2v) is 6.57. The molecule has 21 heavy (non-hydrogen) atoms. The van der Waals surface area contributed by atoms with Crippen molar-refractivity contribution in [3.05, 3.63) is 22.8 Å². The van der Waals surface area contributed by atoms with Crippen molar-refractivity contribution in [2.75, 3.05) is 13.2 Å². The van der Waals surface area contributed by atoms with Crippen LogP contribution in [0, 0.1) is 0 Å². The van der Waals surface area contributed by atoms with E-state index in [2.05, 4.69) is 16.7 Å². The van der Waals surface area contributed by atoms with E-state index in [0.29, 0.717) is 19.8 Å². The normalized spacial score (nSPS) is 15.8. The molecule has 5 nitrogen and oxygen atoms in total. The molecule has 0 saturated carbocycles. The van der Waals surface area contributed by atoms with E-state index in [-0.39, 0.29) is 11.6 Å². The van der Waals surface area contributed by atoms with Gasteiger partial charge in [0.2, 0.25) is 0 Å². The fourth-order valence-corrected chi connectivity index (χ4v) is 2.83. The number of fused-ring (bicyclic) bond motifs is 2. The summed E-state index contributed by atoms with van der Waals surface area (Å²) in [6.45, 7) is 7.76. The Hall–Kier alpha value is -1.91. The number of benzene rings is 1. The van der Waals surface area contributed by atoms with Gasteiger partial charge in [0, 0.05) is 41.6 Å². The van der Waals surface area contributed by atoms with Gasteiger partial charge in [-0.05, 0) is 26.8 Å². The highest BCUT2D eigenvalue weighted by atomic mass is 16.5. The number of ether oxygens (including phenoxy) is 2. The molecule has 0 bridgehead atoms. The first-order valence-corrected chi connectivity index (χ1v) is 7.43. The second kappa shape index (κ2) is 5.13. The average molecular weight is 290 g/mol. The van der Waals surface area contributed by atoms with Gasteiger partial charge in [0.25, 0.3) is 0 Å². The van der Waals surface area contributed by atoms with Crippen LogP contribution in [-0.2, 0) is 19.4 Å². The highest BCUT2D eigenvalue weighted by molar-refractivity contribution is 5.75. The molecular formula is C16H22N2O3. The van der Waals surface area contributed by atoms with Crippen LogP contribution in [0.3, 0.4) is 0 Å². The minimum absolute atomic E-state index is 0.161. The van der Waals surface area contributed by atoms with Crippen LogP contribution in [0.25, 0.3) is 0 Å². The van der Waals surface area contributed by atoms with Crippen molar-refractivity contribution in [1.29, 1.82) is 0 Å². The zero-order valence-electron chi connectivity index (χ0n) is 12.8. The number of carbonyl (C=O) groups excluding carboxylic acids is 1. The SMILES string of the molecule is CC(C)(C)NC(=O)NCc1c2c(cc3c1OCC3)OCC2. The van der Waals surface area contributed by atoms with Gasteiger partial charge < -0.3 is 20.1 Å². The third-order valence-corrected chi connectivity index (χ3v) is 3.67. The Morgan fingerprint density at radius 1 is 1.24 bits per heavy atom. The van der Waals surface area contributed by atoms with E-state index in [0.717, 1.165) is 29.9 Å². The molecule has 0 aliphatic carbocycles. The molecule has 0 unspecified atom stereocenters. The van der Waals surface area contributed by atoms with Crippen LogP contribution in [0.4, 0.5) is 4.79 Å². The minimum atomic E-state index is -0.246. The van der Waals surface area contributed by atoms with Gasteiger partial charge in [-0.25, -0.2) is 4.79 Å². The van der Waals surface area contributed by atoms with E-state index in [1.165, 1.54) is 11.1 Å². The summed E-state index contributed by atoms with van der Waals surface area (Å²) >= 11 is 0. The molecule has 1 aromatic carbocycles. The molecule has 2 heterocycles. The summed E-state index contributed by atoms with van der Waals surface area (Å²) in [6, 6.07) is 1.93. The number of hydrogen-bond acceptors (Lipinski definition) is 3. The van der Waals surface area contributed by atoms with Crippen molar-refractivity contribution in [2.45, 2.75) is 45.7 Å². The number of hydrogen-bond donors (Lipinski definition) is 2. The van der Waals surface area contributed by atoms with Crippen molar-refractivity contribution in [2.24, 2.45) is 0 Å². The smallest absolute Gasteiger partial charge is 0.315 e. The second-order valence-electron chi connectivity index (χ2n) is 6.57. The van der Waals surface area contributed by atoms with E-state index in [4.69, 9.17) is 9.47 Å². The number of nitrogens with one attached hydrogen (secondary N) is 2. The first-order valence-electron chi connectivity index (χ1n) is 7.43. The van der Waals surface area contributed by atoms with E-state index < -0.39 is 0 Å². The van der Waals surface area contributed by atoms with Crippen molar-refractivity contribution < 1.29 is 14.3 Å². The average Bonchev–Trinajstić information content (AvgIpc) is 2.99. The molecule has 1 aromatic rings. The molecule has 2 aliphatic heterocycles. The van der Waals surface area contributed by atoms with Crippen molar-refractivity contribution in [3.63, 3.8) is 0 Å². The summed E-state index contributed by atoms with van der Waals surface area (Å²) < 4.78 is 11.4. The lowest BCUT2D eigenvalue weighted by Crippen LogP contribution is -2.46. The van der Waals surface area contributed by atoms with Gasteiger partial charge in [-0.1, -0.05) is 0 Å². The maximum Gasteiger partial charge on any atom is 0.315 e. The van der Waals surface area contributed by atoms with Gasteiger partial charge in [-0.3, -0.25) is 0 Å². The van der Waals surface area contributed by atoms with Gasteiger partial charge >= 0.3 is 6.03 Å². The predicted octanol–water partition coefficient (Wildman–Crippen LogP) is 2.15. The molecule has 0 fully saturated rings. The Morgan fingerprint density at radius 3 is 2.76 bits per heavy atom. The van der Waals surface area contributed by atoms with E-state index in [1.54, 1.807) is 0 Å². The summed E-state index contributed by atoms with van der Waals surface area (Å²) in [5, 5.41) is 5.83. The van der Waals surface area contributed by atoms with Crippen LogP contribution >= 0.6 is 0 Å². The summed E-state index contributed by atoms with van der Waals surface area (Å²) in [6.07, 6.45) is 1.79. The third kappa shape index (κ3) is 2.91. The zero-order valence-corrected chi connectivity index (χ0v) is 12.8. The number of rotatable bonds is 2. The fraction of sp³-hybridized carbons (Fsp3) is 0.562. The predicted molar refractivity (Wildman–Crippen MR) is 80.0 cm³/mol. The molecule has 2 aliphatic rings. The van der Waals surface area contributed by atoms with Gasteiger partial charge in [0.1, 0.15) is 11.5 Å². The summed E-state index contributed by atoms with van der Waals surface area (Å²) in [7, 11) is 0. The molecule has 0 radical (unpaired) electrons. The van der Waals surface area contributed by atoms with Crippen molar-refractivity contribution in [1.82, 2.24) is 10.6 Å². The van der Waals surface area contributed by atoms with Crippen LogP contribution in [0.5, 0.6) is 11.5 Å². The first-order chi connectivity index (χ1) is 9.94. The fourth-order valence-electron chi connectivity index (χ4n) is 2.83. The van der Waals surface area contributed by atoms with Crippen molar-refractivity contribution >= 4 is 6.03 Å². The molecule has 3 rings (SSSR count). The van der Waals surface area contributed by atoms with Crippen LogP contribution in [-0.4, -0.2) is 24.8 Å². The molecule has 2 N–H and O–H groups in total. The van der Waals surface area contributed by atoms with Gasteiger partial charge in [0.05, 0.1) is 13.2 Å².